The normalized spacial score (nSPS) is 13.5. The van der Waals surface area contributed by atoms with Crippen molar-refractivity contribution >= 4 is 17.9 Å². The first-order valence-electron chi connectivity index (χ1n) is 26.1. The quantitative estimate of drug-likeness (QED) is 0.0262. The van der Waals surface area contributed by atoms with Crippen LogP contribution in [0.5, 0.6) is 0 Å². The third-order valence-corrected chi connectivity index (χ3v) is 9.95. The zero-order valence-electron chi connectivity index (χ0n) is 42.8. The van der Waals surface area contributed by atoms with Gasteiger partial charge in [0.15, 0.2) is 6.10 Å². The molecule has 0 aliphatic heterocycles. The summed E-state index contributed by atoms with van der Waals surface area (Å²) in [7, 11) is 0. The Labute approximate surface area is 415 Å². The van der Waals surface area contributed by atoms with Gasteiger partial charge < -0.3 is 14.2 Å². The van der Waals surface area contributed by atoms with E-state index in [1.54, 1.807) is 0 Å². The molecule has 0 aromatic rings. The molecule has 0 rings (SSSR count). The number of carbonyl (C=O) groups is 3. The van der Waals surface area contributed by atoms with Gasteiger partial charge in [-0.05, 0) is 135 Å². The van der Waals surface area contributed by atoms with Crippen molar-refractivity contribution < 1.29 is 28.6 Å². The summed E-state index contributed by atoms with van der Waals surface area (Å²) in [6.45, 7) is 6.14. The van der Waals surface area contributed by atoms with Crippen molar-refractivity contribution in [2.75, 3.05) is 13.2 Å². The van der Waals surface area contributed by atoms with E-state index in [4.69, 9.17) is 14.2 Å². The van der Waals surface area contributed by atoms with Crippen LogP contribution in [0, 0.1) is 0 Å². The zero-order valence-corrected chi connectivity index (χ0v) is 42.8. The highest BCUT2D eigenvalue weighted by atomic mass is 16.6. The second-order valence-corrected chi connectivity index (χ2v) is 16.3. The third kappa shape index (κ3) is 51.7. The lowest BCUT2D eigenvalue weighted by Crippen LogP contribution is -2.30. The Morgan fingerprint density at radius 2 is 0.544 bits per heavy atom. The predicted octanol–water partition coefficient (Wildman–Crippen LogP) is 17.6. The molecule has 0 saturated heterocycles. The molecule has 0 aliphatic rings. The van der Waals surface area contributed by atoms with Crippen LogP contribution in [0.1, 0.15) is 181 Å². The highest BCUT2D eigenvalue weighted by Crippen LogP contribution is 2.10. The van der Waals surface area contributed by atoms with Gasteiger partial charge in [-0.15, -0.1) is 0 Å². The predicted molar refractivity (Wildman–Crippen MR) is 292 cm³/mol. The molecule has 0 amide bonds. The first-order valence-corrected chi connectivity index (χ1v) is 26.1. The van der Waals surface area contributed by atoms with E-state index in [9.17, 15) is 14.4 Å². The molecule has 6 heteroatoms. The minimum absolute atomic E-state index is 0.144. The van der Waals surface area contributed by atoms with Crippen LogP contribution in [0.25, 0.3) is 0 Å². The summed E-state index contributed by atoms with van der Waals surface area (Å²) in [5, 5.41) is 0. The van der Waals surface area contributed by atoms with E-state index in [-0.39, 0.29) is 44.4 Å². The molecular formula is C62H92O6. The lowest BCUT2D eigenvalue weighted by Gasteiger charge is -2.18. The molecule has 0 bridgehead atoms. The van der Waals surface area contributed by atoms with E-state index in [0.717, 1.165) is 128 Å². The van der Waals surface area contributed by atoms with Crippen molar-refractivity contribution in [3.8, 4) is 0 Å². The van der Waals surface area contributed by atoms with Gasteiger partial charge in [0.2, 0.25) is 0 Å². The first-order chi connectivity index (χ1) is 33.5. The summed E-state index contributed by atoms with van der Waals surface area (Å²) in [6, 6.07) is 0. The summed E-state index contributed by atoms with van der Waals surface area (Å²) < 4.78 is 16.7. The van der Waals surface area contributed by atoms with Crippen LogP contribution in [0.4, 0.5) is 0 Å². The monoisotopic (exact) mass is 933 g/mol. The van der Waals surface area contributed by atoms with Crippen molar-refractivity contribution in [2.24, 2.45) is 0 Å². The van der Waals surface area contributed by atoms with Crippen LogP contribution in [-0.2, 0) is 28.6 Å². The first kappa shape index (κ1) is 62.8. The van der Waals surface area contributed by atoms with Gasteiger partial charge in [0.25, 0.3) is 0 Å². The van der Waals surface area contributed by atoms with Gasteiger partial charge in [-0.2, -0.15) is 0 Å². The van der Waals surface area contributed by atoms with E-state index in [0.29, 0.717) is 12.8 Å². The van der Waals surface area contributed by atoms with Crippen molar-refractivity contribution in [3.05, 3.63) is 170 Å². The molecule has 1 atom stereocenters. The Bertz CT molecular complexity index is 1640. The van der Waals surface area contributed by atoms with Crippen LogP contribution < -0.4 is 0 Å². The molecule has 0 spiro atoms. The summed E-state index contributed by atoms with van der Waals surface area (Å²) in [4.78, 5) is 38.0. The largest absolute Gasteiger partial charge is 0.462 e. The molecule has 0 saturated carbocycles. The van der Waals surface area contributed by atoms with Crippen molar-refractivity contribution in [1.82, 2.24) is 0 Å². The molecule has 0 aromatic carbocycles. The number of esters is 3. The average Bonchev–Trinajstić information content (AvgIpc) is 3.34. The fourth-order valence-electron chi connectivity index (χ4n) is 6.15. The van der Waals surface area contributed by atoms with E-state index in [1.165, 1.54) is 0 Å². The minimum atomic E-state index is -0.853. The number of hydrogen-bond donors (Lipinski definition) is 0. The molecule has 1 unspecified atom stereocenters. The maximum absolute atomic E-state index is 12.8. The molecule has 0 radical (unpaired) electrons. The Hall–Kier alpha value is -5.23. The summed E-state index contributed by atoms with van der Waals surface area (Å²) in [5.74, 6) is -1.11. The maximum Gasteiger partial charge on any atom is 0.306 e. The molecule has 0 heterocycles. The van der Waals surface area contributed by atoms with Gasteiger partial charge in [0.1, 0.15) is 13.2 Å². The lowest BCUT2D eigenvalue weighted by atomic mass is 10.1. The van der Waals surface area contributed by atoms with E-state index >= 15 is 0 Å². The number of allylic oxidation sites excluding steroid dienone is 28. The van der Waals surface area contributed by atoms with Crippen molar-refractivity contribution in [1.29, 1.82) is 0 Å². The zero-order chi connectivity index (χ0) is 49.3. The Balaban J connectivity index is 4.67. The number of carbonyl (C=O) groups excluding carboxylic acids is 3. The van der Waals surface area contributed by atoms with Crippen LogP contribution in [0.15, 0.2) is 170 Å². The van der Waals surface area contributed by atoms with Gasteiger partial charge in [0.05, 0.1) is 0 Å². The Kier molecular flexibility index (Phi) is 50.2. The molecule has 6 nitrogen and oxygen atoms in total. The molecular weight excluding hydrogens is 841 g/mol. The van der Waals surface area contributed by atoms with Gasteiger partial charge in [-0.3, -0.25) is 14.4 Å². The van der Waals surface area contributed by atoms with Crippen LogP contribution in [-0.4, -0.2) is 37.2 Å². The standard InChI is InChI=1S/C62H92O6/c1-4-7-10-13-16-19-22-25-28-31-34-37-40-43-46-49-52-55-61(64)67-58-59(57-66-60(63)54-51-48-45-42-39-36-33-30-27-24-21-18-15-12-9-6-3)68-62(65)56-53-50-47-44-41-38-35-32-29-26-23-20-17-14-11-8-5-2/h7-12,16-21,25-30,34-39,43-44,46-47,59H,4-6,13-15,22-24,31-33,40-42,45,48-58H2,1-3H3/b10-7-,11-8-,12-9-,19-16-,20-17-,21-18-,28-25-,29-26-,30-27-,37-34-,38-35-,39-36-,46-43-,47-44-. The fraction of sp³-hybridized carbons (Fsp3) is 0.500. The van der Waals surface area contributed by atoms with Gasteiger partial charge in [-0.25, -0.2) is 0 Å². The highest BCUT2D eigenvalue weighted by molar-refractivity contribution is 5.71. The summed E-state index contributed by atoms with van der Waals surface area (Å²) in [6.07, 6.45) is 80.6. The van der Waals surface area contributed by atoms with E-state index < -0.39 is 12.1 Å². The van der Waals surface area contributed by atoms with E-state index in [1.807, 2.05) is 0 Å². The molecule has 376 valence electrons. The van der Waals surface area contributed by atoms with Crippen molar-refractivity contribution in [3.63, 3.8) is 0 Å². The molecule has 0 aliphatic carbocycles. The maximum atomic E-state index is 12.8. The number of ether oxygens (including phenoxy) is 3. The second kappa shape index (κ2) is 54.4. The second-order valence-electron chi connectivity index (χ2n) is 16.3. The third-order valence-electron chi connectivity index (χ3n) is 9.95. The van der Waals surface area contributed by atoms with E-state index in [2.05, 4.69) is 191 Å². The summed E-state index contributed by atoms with van der Waals surface area (Å²) >= 11 is 0. The Morgan fingerprint density at radius 1 is 0.294 bits per heavy atom. The average molecular weight is 933 g/mol. The van der Waals surface area contributed by atoms with Crippen molar-refractivity contribution in [2.45, 2.75) is 187 Å². The van der Waals surface area contributed by atoms with Gasteiger partial charge >= 0.3 is 17.9 Å². The molecule has 0 N–H and O–H groups in total. The molecule has 0 aromatic heterocycles. The van der Waals surface area contributed by atoms with Gasteiger partial charge in [-0.1, -0.05) is 197 Å². The van der Waals surface area contributed by atoms with Gasteiger partial charge in [0, 0.05) is 19.3 Å². The van der Waals surface area contributed by atoms with Crippen LogP contribution >= 0.6 is 0 Å². The molecule has 68 heavy (non-hydrogen) atoms. The van der Waals surface area contributed by atoms with Crippen LogP contribution in [0.3, 0.4) is 0 Å². The molecule has 0 fully saturated rings. The lowest BCUT2D eigenvalue weighted by molar-refractivity contribution is -0.167. The fourth-order valence-corrected chi connectivity index (χ4v) is 6.15. The Morgan fingerprint density at radius 3 is 0.853 bits per heavy atom. The number of hydrogen-bond acceptors (Lipinski definition) is 6. The topological polar surface area (TPSA) is 78.9 Å². The number of rotatable bonds is 44. The highest BCUT2D eigenvalue weighted by Gasteiger charge is 2.19. The number of unbranched alkanes of at least 4 members (excludes halogenated alkanes) is 5. The summed E-state index contributed by atoms with van der Waals surface area (Å²) in [5.41, 5.74) is 0. The SMILES string of the molecule is CC/C=C\C/C=C\C/C=C\C/C=C\C/C=C\CCCC(=O)OCC(COC(=O)CCCCC/C=C\C/C=C\C/C=C\C/C=C\CC)OC(=O)CCC/C=C\C/C=C\C/C=C\C/C=C\C/C=C\CC. The smallest absolute Gasteiger partial charge is 0.306 e. The minimum Gasteiger partial charge on any atom is -0.462 e. The van der Waals surface area contributed by atoms with Crippen LogP contribution in [0.2, 0.25) is 0 Å².